The molecule has 3 rings (SSSR count). The molecule has 136 valence electrons. The molecule has 1 aromatic carbocycles. The number of para-hydroxylation sites is 2. The van der Waals surface area contributed by atoms with Crippen molar-refractivity contribution in [3.05, 3.63) is 54.2 Å². The Bertz CT molecular complexity index is 914. The Hall–Kier alpha value is -3.09. The zero-order valence-corrected chi connectivity index (χ0v) is 15.0. The topological polar surface area (TPSA) is 89.2 Å². The van der Waals surface area contributed by atoms with E-state index in [0.717, 1.165) is 23.4 Å². The first-order valence-corrected chi connectivity index (χ1v) is 8.61. The fourth-order valence-electron chi connectivity index (χ4n) is 2.90. The predicted molar refractivity (Wildman–Crippen MR) is 97.6 cm³/mol. The lowest BCUT2D eigenvalue weighted by molar-refractivity contribution is -0.123. The van der Waals surface area contributed by atoms with Crippen LogP contribution in [0.4, 0.5) is 0 Å². The second-order valence-corrected chi connectivity index (χ2v) is 6.11. The summed E-state index contributed by atoms with van der Waals surface area (Å²) in [6.07, 6.45) is 1.41. The fourth-order valence-corrected chi connectivity index (χ4v) is 2.90. The van der Waals surface area contributed by atoms with Crippen LogP contribution in [0.15, 0.2) is 47.1 Å². The minimum absolute atomic E-state index is 0.172. The molecular formula is C19H22N4O3. The largest absolute Gasteiger partial charge is 0.459 e. The number of carbonyl (C=O) groups excluding carboxylic acids is 2. The van der Waals surface area contributed by atoms with E-state index >= 15 is 0 Å². The van der Waals surface area contributed by atoms with Crippen molar-refractivity contribution in [1.82, 2.24) is 20.2 Å². The molecule has 7 heteroatoms. The molecule has 0 aliphatic heterocycles. The van der Waals surface area contributed by atoms with Crippen molar-refractivity contribution in [2.75, 3.05) is 0 Å². The molecule has 0 aliphatic carbocycles. The molecule has 0 spiro atoms. The molecular weight excluding hydrogens is 332 g/mol. The summed E-state index contributed by atoms with van der Waals surface area (Å²) >= 11 is 0. The van der Waals surface area contributed by atoms with Crippen molar-refractivity contribution in [3.8, 4) is 0 Å². The summed E-state index contributed by atoms with van der Waals surface area (Å²) in [5.74, 6) is 0.246. The van der Waals surface area contributed by atoms with Gasteiger partial charge in [0.2, 0.25) is 5.91 Å². The monoisotopic (exact) mass is 354 g/mol. The molecule has 26 heavy (non-hydrogen) atoms. The van der Waals surface area contributed by atoms with Gasteiger partial charge in [0.15, 0.2) is 5.76 Å². The third-order valence-electron chi connectivity index (χ3n) is 4.23. The van der Waals surface area contributed by atoms with Crippen molar-refractivity contribution in [1.29, 1.82) is 0 Å². The minimum Gasteiger partial charge on any atom is -0.459 e. The molecule has 2 atom stereocenters. The lowest BCUT2D eigenvalue weighted by Crippen LogP contribution is -2.45. The van der Waals surface area contributed by atoms with Gasteiger partial charge in [-0.25, -0.2) is 4.98 Å². The van der Waals surface area contributed by atoms with E-state index < -0.39 is 11.9 Å². The standard InChI is InChI=1S/C19H22N4O3/c1-4-23-15-9-6-5-8-14(15)22-17(23)12(2)20-18(24)13(3)21-19(25)16-10-7-11-26-16/h5-13H,4H2,1-3H3,(H,20,24)(H,21,25). The van der Waals surface area contributed by atoms with Crippen LogP contribution >= 0.6 is 0 Å². The molecule has 0 fully saturated rings. The summed E-state index contributed by atoms with van der Waals surface area (Å²) in [7, 11) is 0. The molecule has 0 radical (unpaired) electrons. The lowest BCUT2D eigenvalue weighted by Gasteiger charge is -2.18. The van der Waals surface area contributed by atoms with E-state index in [1.807, 2.05) is 38.1 Å². The Balaban J connectivity index is 1.70. The van der Waals surface area contributed by atoms with E-state index in [0.29, 0.717) is 0 Å². The van der Waals surface area contributed by atoms with Gasteiger partial charge in [0.25, 0.3) is 5.91 Å². The first kappa shape index (κ1) is 17.7. The zero-order valence-electron chi connectivity index (χ0n) is 15.0. The van der Waals surface area contributed by atoms with Crippen molar-refractivity contribution < 1.29 is 14.0 Å². The number of hydrogen-bond acceptors (Lipinski definition) is 4. The number of fused-ring (bicyclic) bond motifs is 1. The summed E-state index contributed by atoms with van der Waals surface area (Å²) < 4.78 is 7.11. The number of hydrogen-bond donors (Lipinski definition) is 2. The van der Waals surface area contributed by atoms with Crippen molar-refractivity contribution in [3.63, 3.8) is 0 Å². The van der Waals surface area contributed by atoms with Crippen LogP contribution in [0.1, 0.15) is 43.2 Å². The zero-order chi connectivity index (χ0) is 18.7. The Morgan fingerprint density at radius 2 is 1.92 bits per heavy atom. The first-order chi connectivity index (χ1) is 12.5. The maximum absolute atomic E-state index is 12.5. The van der Waals surface area contributed by atoms with Crippen LogP contribution < -0.4 is 10.6 Å². The van der Waals surface area contributed by atoms with E-state index in [1.54, 1.807) is 19.1 Å². The average Bonchev–Trinajstić information content (AvgIpc) is 3.29. The van der Waals surface area contributed by atoms with Crippen molar-refractivity contribution >= 4 is 22.8 Å². The number of amides is 2. The van der Waals surface area contributed by atoms with Gasteiger partial charge in [-0.2, -0.15) is 0 Å². The molecule has 2 unspecified atom stereocenters. The van der Waals surface area contributed by atoms with Gasteiger partial charge in [-0.1, -0.05) is 12.1 Å². The van der Waals surface area contributed by atoms with Crippen LogP contribution in [0, 0.1) is 0 Å². The van der Waals surface area contributed by atoms with Crippen LogP contribution in [-0.4, -0.2) is 27.4 Å². The highest BCUT2D eigenvalue weighted by Crippen LogP contribution is 2.20. The predicted octanol–water partition coefficient (Wildman–Crippen LogP) is 2.64. The van der Waals surface area contributed by atoms with Crippen LogP contribution in [-0.2, 0) is 11.3 Å². The van der Waals surface area contributed by atoms with E-state index in [-0.39, 0.29) is 17.7 Å². The number of benzene rings is 1. The molecule has 2 amide bonds. The number of nitrogens with one attached hydrogen (secondary N) is 2. The number of carbonyl (C=O) groups is 2. The normalized spacial score (nSPS) is 13.3. The van der Waals surface area contributed by atoms with Gasteiger partial charge in [0.1, 0.15) is 11.9 Å². The number of aromatic nitrogens is 2. The van der Waals surface area contributed by atoms with Crippen LogP contribution in [0.3, 0.4) is 0 Å². The van der Waals surface area contributed by atoms with Crippen LogP contribution in [0.2, 0.25) is 0 Å². The SMILES string of the molecule is CCn1c(C(C)NC(=O)C(C)NC(=O)c2ccco2)nc2ccccc21. The lowest BCUT2D eigenvalue weighted by atomic mass is 10.2. The second-order valence-electron chi connectivity index (χ2n) is 6.11. The molecule has 0 aliphatic rings. The van der Waals surface area contributed by atoms with Crippen molar-refractivity contribution in [2.45, 2.75) is 39.4 Å². The Labute approximate surface area is 151 Å². The number of furan rings is 1. The van der Waals surface area contributed by atoms with E-state index in [4.69, 9.17) is 4.42 Å². The molecule has 2 N–H and O–H groups in total. The summed E-state index contributed by atoms with van der Waals surface area (Å²) in [5, 5.41) is 5.54. The highest BCUT2D eigenvalue weighted by molar-refractivity contribution is 5.95. The molecule has 0 saturated carbocycles. The fraction of sp³-hybridized carbons (Fsp3) is 0.316. The Kier molecular flexibility index (Phi) is 5.06. The van der Waals surface area contributed by atoms with Crippen LogP contribution in [0.5, 0.6) is 0 Å². The van der Waals surface area contributed by atoms with E-state index in [9.17, 15) is 9.59 Å². The molecule has 7 nitrogen and oxygen atoms in total. The van der Waals surface area contributed by atoms with Crippen LogP contribution in [0.25, 0.3) is 11.0 Å². The third kappa shape index (κ3) is 3.46. The molecule has 2 aromatic heterocycles. The van der Waals surface area contributed by atoms with Gasteiger partial charge in [-0.15, -0.1) is 0 Å². The van der Waals surface area contributed by atoms with Crippen molar-refractivity contribution in [2.24, 2.45) is 0 Å². The maximum Gasteiger partial charge on any atom is 0.287 e. The quantitative estimate of drug-likeness (QED) is 0.712. The summed E-state index contributed by atoms with van der Waals surface area (Å²) in [6, 6.07) is 10.0. The Morgan fingerprint density at radius 3 is 2.62 bits per heavy atom. The maximum atomic E-state index is 12.5. The second kappa shape index (κ2) is 7.43. The van der Waals surface area contributed by atoms with Gasteiger partial charge >= 0.3 is 0 Å². The smallest absolute Gasteiger partial charge is 0.287 e. The number of aryl methyl sites for hydroxylation is 1. The van der Waals surface area contributed by atoms with Gasteiger partial charge in [-0.3, -0.25) is 9.59 Å². The van der Waals surface area contributed by atoms with Gasteiger partial charge < -0.3 is 19.6 Å². The summed E-state index contributed by atoms with van der Waals surface area (Å²) in [5.41, 5.74) is 1.93. The average molecular weight is 354 g/mol. The van der Waals surface area contributed by atoms with Gasteiger partial charge in [0, 0.05) is 6.54 Å². The highest BCUT2D eigenvalue weighted by atomic mass is 16.3. The van der Waals surface area contributed by atoms with Gasteiger partial charge in [-0.05, 0) is 45.0 Å². The summed E-state index contributed by atoms with van der Waals surface area (Å²) in [4.78, 5) is 29.1. The van der Waals surface area contributed by atoms with Gasteiger partial charge in [0.05, 0.1) is 23.3 Å². The number of nitrogens with zero attached hydrogens (tertiary/aromatic N) is 2. The highest BCUT2D eigenvalue weighted by Gasteiger charge is 2.22. The summed E-state index contributed by atoms with van der Waals surface area (Å²) in [6.45, 7) is 6.30. The number of imidazole rings is 1. The number of rotatable bonds is 6. The molecule has 0 saturated heterocycles. The third-order valence-corrected chi connectivity index (χ3v) is 4.23. The Morgan fingerprint density at radius 1 is 1.15 bits per heavy atom. The molecule has 3 aromatic rings. The first-order valence-electron chi connectivity index (χ1n) is 8.61. The van der Waals surface area contributed by atoms with E-state index in [2.05, 4.69) is 20.2 Å². The minimum atomic E-state index is -0.700. The molecule has 2 heterocycles. The van der Waals surface area contributed by atoms with E-state index in [1.165, 1.54) is 6.26 Å². The molecule has 0 bridgehead atoms.